The first-order valence-corrected chi connectivity index (χ1v) is 9.54. The zero-order valence-electron chi connectivity index (χ0n) is 15.6. The van der Waals surface area contributed by atoms with Gasteiger partial charge in [0.1, 0.15) is 11.5 Å². The van der Waals surface area contributed by atoms with Crippen LogP contribution in [0.1, 0.15) is 5.56 Å². The number of ether oxygens (including phenoxy) is 2. The van der Waals surface area contributed by atoms with Gasteiger partial charge >= 0.3 is 0 Å². The summed E-state index contributed by atoms with van der Waals surface area (Å²) in [6.45, 7) is 4.24. The molecule has 3 rings (SSSR count). The van der Waals surface area contributed by atoms with E-state index in [1.807, 2.05) is 23.1 Å². The summed E-state index contributed by atoms with van der Waals surface area (Å²) in [5, 5.41) is 0.651. The number of nitrogens with zero attached hydrogens (tertiary/aromatic N) is 2. The molecule has 2 aromatic carbocycles. The molecular weight excluding hydrogens is 364 g/mol. The highest BCUT2D eigenvalue weighted by molar-refractivity contribution is 6.30. The number of para-hydroxylation sites is 1. The van der Waals surface area contributed by atoms with E-state index in [-0.39, 0.29) is 12.5 Å². The summed E-state index contributed by atoms with van der Waals surface area (Å²) in [6.07, 6.45) is 0.942. The number of rotatable bonds is 7. The van der Waals surface area contributed by atoms with Gasteiger partial charge in [0.25, 0.3) is 5.91 Å². The van der Waals surface area contributed by atoms with Crippen LogP contribution in [0, 0.1) is 0 Å². The fourth-order valence-corrected chi connectivity index (χ4v) is 3.30. The Morgan fingerprint density at radius 3 is 2.44 bits per heavy atom. The molecule has 144 valence electrons. The van der Waals surface area contributed by atoms with Crippen LogP contribution in [0.5, 0.6) is 11.5 Å². The Kier molecular flexibility index (Phi) is 6.96. The van der Waals surface area contributed by atoms with Crippen LogP contribution in [-0.2, 0) is 11.2 Å². The highest BCUT2D eigenvalue weighted by Gasteiger charge is 2.21. The van der Waals surface area contributed by atoms with Gasteiger partial charge in [-0.15, -0.1) is 0 Å². The van der Waals surface area contributed by atoms with E-state index < -0.39 is 0 Å². The number of carbonyl (C=O) groups is 1. The van der Waals surface area contributed by atoms with Gasteiger partial charge in [-0.25, -0.2) is 0 Å². The summed E-state index contributed by atoms with van der Waals surface area (Å²) in [5.74, 6) is 1.61. The second-order valence-electron chi connectivity index (χ2n) is 6.53. The Morgan fingerprint density at radius 2 is 1.74 bits per heavy atom. The van der Waals surface area contributed by atoms with E-state index in [1.165, 1.54) is 5.56 Å². The summed E-state index contributed by atoms with van der Waals surface area (Å²) in [5.41, 5.74) is 1.22. The van der Waals surface area contributed by atoms with Crippen LogP contribution >= 0.6 is 11.6 Å². The van der Waals surface area contributed by atoms with Crippen molar-refractivity contribution >= 4 is 17.5 Å². The van der Waals surface area contributed by atoms with Crippen LogP contribution in [0.15, 0.2) is 48.5 Å². The van der Waals surface area contributed by atoms with Crippen molar-refractivity contribution in [2.75, 3.05) is 46.4 Å². The van der Waals surface area contributed by atoms with Gasteiger partial charge in [0, 0.05) is 37.7 Å². The third-order valence-electron chi connectivity index (χ3n) is 4.79. The molecule has 27 heavy (non-hydrogen) atoms. The number of hydrogen-bond donors (Lipinski definition) is 0. The molecule has 5 nitrogen and oxygen atoms in total. The smallest absolute Gasteiger partial charge is 0.260 e. The molecule has 1 saturated heterocycles. The van der Waals surface area contributed by atoms with Gasteiger partial charge in [-0.3, -0.25) is 9.69 Å². The summed E-state index contributed by atoms with van der Waals surface area (Å²) < 4.78 is 11.0. The largest absolute Gasteiger partial charge is 0.496 e. The number of hydrogen-bond acceptors (Lipinski definition) is 4. The van der Waals surface area contributed by atoms with Crippen molar-refractivity contribution in [2.24, 2.45) is 0 Å². The second kappa shape index (κ2) is 9.62. The average Bonchev–Trinajstić information content (AvgIpc) is 2.72. The van der Waals surface area contributed by atoms with Crippen LogP contribution in [0.2, 0.25) is 5.02 Å². The van der Waals surface area contributed by atoms with Crippen molar-refractivity contribution in [3.05, 3.63) is 59.1 Å². The highest BCUT2D eigenvalue weighted by Crippen LogP contribution is 2.18. The standard InChI is InChI=1S/C21H25ClN2O3/c1-26-20-5-3-2-4-17(20)10-11-23-12-14-24(15-13-23)21(25)16-27-19-8-6-18(22)7-9-19/h2-9H,10-16H2,1H3. The van der Waals surface area contributed by atoms with Crippen molar-refractivity contribution < 1.29 is 14.3 Å². The molecule has 2 aromatic rings. The van der Waals surface area contributed by atoms with E-state index in [4.69, 9.17) is 21.1 Å². The molecule has 0 atom stereocenters. The van der Waals surface area contributed by atoms with E-state index in [9.17, 15) is 4.79 Å². The summed E-state index contributed by atoms with van der Waals surface area (Å²) >= 11 is 5.85. The maximum Gasteiger partial charge on any atom is 0.260 e. The Hall–Kier alpha value is -2.24. The first kappa shape index (κ1) is 19.5. The Balaban J connectivity index is 1.40. The van der Waals surface area contributed by atoms with Crippen LogP contribution in [0.4, 0.5) is 0 Å². The van der Waals surface area contributed by atoms with Crippen molar-refractivity contribution in [1.29, 1.82) is 0 Å². The fraction of sp³-hybridized carbons (Fsp3) is 0.381. The van der Waals surface area contributed by atoms with Gasteiger partial charge in [-0.05, 0) is 42.3 Å². The fourth-order valence-electron chi connectivity index (χ4n) is 3.18. The summed E-state index contributed by atoms with van der Waals surface area (Å²) in [6, 6.07) is 15.2. The molecular formula is C21H25ClN2O3. The molecule has 0 aliphatic carbocycles. The van der Waals surface area contributed by atoms with Crippen molar-refractivity contribution in [3.63, 3.8) is 0 Å². The maximum atomic E-state index is 12.3. The van der Waals surface area contributed by atoms with Crippen molar-refractivity contribution in [2.45, 2.75) is 6.42 Å². The van der Waals surface area contributed by atoms with Crippen molar-refractivity contribution in [3.8, 4) is 11.5 Å². The van der Waals surface area contributed by atoms with E-state index in [1.54, 1.807) is 31.4 Å². The highest BCUT2D eigenvalue weighted by atomic mass is 35.5. The van der Waals surface area contributed by atoms with Gasteiger partial charge in [-0.2, -0.15) is 0 Å². The molecule has 0 unspecified atom stereocenters. The number of amides is 1. The average molecular weight is 389 g/mol. The van der Waals surface area contributed by atoms with Crippen LogP contribution in [0.3, 0.4) is 0 Å². The minimum atomic E-state index is 0.0225. The zero-order chi connectivity index (χ0) is 19.1. The predicted octanol–water partition coefficient (Wildman–Crippen LogP) is 3.11. The minimum absolute atomic E-state index is 0.0225. The molecule has 0 saturated carbocycles. The quantitative estimate of drug-likeness (QED) is 0.730. The molecule has 1 heterocycles. The van der Waals surface area contributed by atoms with Crippen LogP contribution in [-0.4, -0.2) is 62.1 Å². The van der Waals surface area contributed by atoms with E-state index in [0.29, 0.717) is 10.8 Å². The lowest BCUT2D eigenvalue weighted by atomic mass is 10.1. The van der Waals surface area contributed by atoms with E-state index in [2.05, 4.69) is 11.0 Å². The molecule has 1 fully saturated rings. The topological polar surface area (TPSA) is 42.0 Å². The Morgan fingerprint density at radius 1 is 1.04 bits per heavy atom. The first-order chi connectivity index (χ1) is 13.2. The monoisotopic (exact) mass is 388 g/mol. The Labute approximate surface area is 165 Å². The predicted molar refractivity (Wildman–Crippen MR) is 107 cm³/mol. The van der Waals surface area contributed by atoms with Crippen LogP contribution < -0.4 is 9.47 Å². The number of methoxy groups -OCH3 is 1. The first-order valence-electron chi connectivity index (χ1n) is 9.16. The normalized spacial score (nSPS) is 14.8. The third kappa shape index (κ3) is 5.62. The van der Waals surface area contributed by atoms with Gasteiger partial charge in [0.05, 0.1) is 7.11 Å². The van der Waals surface area contributed by atoms with Crippen LogP contribution in [0.25, 0.3) is 0 Å². The summed E-state index contributed by atoms with van der Waals surface area (Å²) in [7, 11) is 1.70. The number of halogens is 1. The second-order valence-corrected chi connectivity index (χ2v) is 6.96. The lowest BCUT2D eigenvalue weighted by Gasteiger charge is -2.34. The molecule has 0 radical (unpaired) electrons. The SMILES string of the molecule is COc1ccccc1CCN1CCN(C(=O)COc2ccc(Cl)cc2)CC1. The number of piperazine rings is 1. The van der Waals surface area contributed by atoms with Gasteiger partial charge in [0.2, 0.25) is 0 Å². The molecule has 1 aliphatic heterocycles. The minimum Gasteiger partial charge on any atom is -0.496 e. The molecule has 0 N–H and O–H groups in total. The molecule has 0 spiro atoms. The molecule has 0 aromatic heterocycles. The lowest BCUT2D eigenvalue weighted by molar-refractivity contribution is -0.135. The lowest BCUT2D eigenvalue weighted by Crippen LogP contribution is -2.50. The number of carbonyl (C=O) groups excluding carboxylic acids is 1. The molecule has 1 amide bonds. The third-order valence-corrected chi connectivity index (χ3v) is 5.04. The van der Waals surface area contributed by atoms with Gasteiger partial charge in [-0.1, -0.05) is 29.8 Å². The Bertz CT molecular complexity index is 743. The number of benzene rings is 2. The molecule has 0 bridgehead atoms. The van der Waals surface area contributed by atoms with Gasteiger partial charge < -0.3 is 14.4 Å². The molecule has 1 aliphatic rings. The zero-order valence-corrected chi connectivity index (χ0v) is 16.3. The van der Waals surface area contributed by atoms with E-state index in [0.717, 1.165) is 44.9 Å². The van der Waals surface area contributed by atoms with Crippen molar-refractivity contribution in [1.82, 2.24) is 9.80 Å². The van der Waals surface area contributed by atoms with E-state index >= 15 is 0 Å². The maximum absolute atomic E-state index is 12.3. The van der Waals surface area contributed by atoms with Gasteiger partial charge in [0.15, 0.2) is 6.61 Å². The molecule has 6 heteroatoms. The summed E-state index contributed by atoms with van der Waals surface area (Å²) in [4.78, 5) is 16.6.